The van der Waals surface area contributed by atoms with Gasteiger partial charge in [0.15, 0.2) is 5.78 Å². The van der Waals surface area contributed by atoms with Gasteiger partial charge >= 0.3 is 0 Å². The highest BCUT2D eigenvalue weighted by Gasteiger charge is 2.17. The second kappa shape index (κ2) is 7.51. The number of Topliss-reactive ketones (excluding diaryl/α,β-unsaturated/α-hetero) is 1. The predicted octanol–water partition coefficient (Wildman–Crippen LogP) is 1.71. The van der Waals surface area contributed by atoms with Gasteiger partial charge in [-0.15, -0.1) is 0 Å². The number of ether oxygens (including phenoxy) is 1. The van der Waals surface area contributed by atoms with Crippen molar-refractivity contribution in [2.24, 2.45) is 0 Å². The first-order chi connectivity index (χ1) is 8.56. The highest BCUT2D eigenvalue weighted by Crippen LogP contribution is 2.17. The molecule has 1 rings (SSSR count). The lowest BCUT2D eigenvalue weighted by Gasteiger charge is -2.11. The zero-order valence-electron chi connectivity index (χ0n) is 11.1. The first-order valence-corrected chi connectivity index (χ1v) is 6.41. The SMILES string of the molecule is CCOCCC(=O)c1c(Cl)cnn1CCN(C)C. The molecule has 1 aromatic rings. The van der Waals surface area contributed by atoms with Gasteiger partial charge in [0.2, 0.25) is 0 Å². The molecule has 0 N–H and O–H groups in total. The van der Waals surface area contributed by atoms with Crippen molar-refractivity contribution >= 4 is 17.4 Å². The monoisotopic (exact) mass is 273 g/mol. The molecule has 0 saturated carbocycles. The van der Waals surface area contributed by atoms with E-state index < -0.39 is 0 Å². The lowest BCUT2D eigenvalue weighted by Crippen LogP contribution is -2.22. The summed E-state index contributed by atoms with van der Waals surface area (Å²) in [5.41, 5.74) is 0.484. The normalized spacial score (nSPS) is 11.2. The fourth-order valence-electron chi connectivity index (χ4n) is 1.53. The first kappa shape index (κ1) is 15.1. The third-order valence-corrected chi connectivity index (χ3v) is 2.77. The standard InChI is InChI=1S/C12H20ClN3O2/c1-4-18-8-5-11(17)12-10(13)9-14-16(12)7-6-15(2)3/h9H,4-8H2,1-3H3. The number of hydrogen-bond donors (Lipinski definition) is 0. The van der Waals surface area contributed by atoms with E-state index in [9.17, 15) is 4.79 Å². The van der Waals surface area contributed by atoms with Crippen molar-refractivity contribution in [2.45, 2.75) is 19.9 Å². The van der Waals surface area contributed by atoms with Crippen LogP contribution in [-0.2, 0) is 11.3 Å². The van der Waals surface area contributed by atoms with Crippen LogP contribution in [-0.4, -0.2) is 54.3 Å². The van der Waals surface area contributed by atoms with Crippen molar-refractivity contribution < 1.29 is 9.53 Å². The second-order valence-corrected chi connectivity index (χ2v) is 4.64. The van der Waals surface area contributed by atoms with Gasteiger partial charge in [0, 0.05) is 19.6 Å². The minimum atomic E-state index is -0.0234. The van der Waals surface area contributed by atoms with Gasteiger partial charge in [-0.3, -0.25) is 9.48 Å². The summed E-state index contributed by atoms with van der Waals surface area (Å²) >= 11 is 6.01. The maximum absolute atomic E-state index is 12.0. The van der Waals surface area contributed by atoms with Crippen LogP contribution in [0.2, 0.25) is 5.02 Å². The number of carbonyl (C=O) groups is 1. The average Bonchev–Trinajstić information content (AvgIpc) is 2.68. The summed E-state index contributed by atoms with van der Waals surface area (Å²) in [6.07, 6.45) is 1.85. The molecule has 0 bridgehead atoms. The number of carbonyl (C=O) groups excluding carboxylic acids is 1. The molecule has 0 aliphatic rings. The molecule has 0 saturated heterocycles. The van der Waals surface area contributed by atoms with Crippen LogP contribution in [0, 0.1) is 0 Å². The van der Waals surface area contributed by atoms with Crippen molar-refractivity contribution in [1.29, 1.82) is 0 Å². The van der Waals surface area contributed by atoms with Crippen molar-refractivity contribution in [3.8, 4) is 0 Å². The summed E-state index contributed by atoms with van der Waals surface area (Å²) in [7, 11) is 3.95. The molecule has 0 radical (unpaired) electrons. The molecule has 0 spiro atoms. The van der Waals surface area contributed by atoms with Gasteiger partial charge in [-0.1, -0.05) is 11.6 Å². The van der Waals surface area contributed by atoms with Crippen LogP contribution in [0.15, 0.2) is 6.20 Å². The molecule has 6 heteroatoms. The molecule has 0 fully saturated rings. The summed E-state index contributed by atoms with van der Waals surface area (Å²) in [5.74, 6) is -0.0234. The molecule has 0 aromatic carbocycles. The van der Waals surface area contributed by atoms with Gasteiger partial charge in [0.25, 0.3) is 0 Å². The molecular formula is C12H20ClN3O2. The molecule has 5 nitrogen and oxygen atoms in total. The maximum Gasteiger partial charge on any atom is 0.184 e. The van der Waals surface area contributed by atoms with Gasteiger partial charge in [0.1, 0.15) is 5.69 Å². The van der Waals surface area contributed by atoms with E-state index in [0.717, 1.165) is 6.54 Å². The lowest BCUT2D eigenvalue weighted by molar-refractivity contribution is 0.0885. The molecule has 102 valence electrons. The van der Waals surface area contributed by atoms with Gasteiger partial charge in [-0.25, -0.2) is 0 Å². The van der Waals surface area contributed by atoms with Gasteiger partial charge in [-0.2, -0.15) is 5.10 Å². The summed E-state index contributed by atoms with van der Waals surface area (Å²) in [6.45, 7) is 4.39. The quantitative estimate of drug-likeness (QED) is 0.534. The number of hydrogen-bond acceptors (Lipinski definition) is 4. The van der Waals surface area contributed by atoms with Crippen molar-refractivity contribution in [3.63, 3.8) is 0 Å². The highest BCUT2D eigenvalue weighted by atomic mass is 35.5. The summed E-state index contributed by atoms with van der Waals surface area (Å²) < 4.78 is 6.84. The minimum absolute atomic E-state index is 0.0234. The Balaban J connectivity index is 2.67. The zero-order valence-corrected chi connectivity index (χ0v) is 11.9. The fraction of sp³-hybridized carbons (Fsp3) is 0.667. The lowest BCUT2D eigenvalue weighted by atomic mass is 10.2. The number of halogens is 1. The van der Waals surface area contributed by atoms with Crippen LogP contribution in [0.5, 0.6) is 0 Å². The third kappa shape index (κ3) is 4.40. The number of rotatable bonds is 8. The Morgan fingerprint density at radius 2 is 2.28 bits per heavy atom. The van der Waals surface area contributed by atoms with E-state index >= 15 is 0 Å². The molecule has 1 aromatic heterocycles. The number of nitrogens with zero attached hydrogens (tertiary/aromatic N) is 3. The van der Waals surface area contributed by atoms with Crippen molar-refractivity contribution in [3.05, 3.63) is 16.9 Å². The Hall–Kier alpha value is -0.910. The van der Waals surface area contributed by atoms with Crippen molar-refractivity contribution in [2.75, 3.05) is 33.9 Å². The van der Waals surface area contributed by atoms with Crippen LogP contribution in [0.1, 0.15) is 23.8 Å². The molecule has 0 unspecified atom stereocenters. The summed E-state index contributed by atoms with van der Waals surface area (Å²) in [5, 5.41) is 4.55. The van der Waals surface area contributed by atoms with E-state index in [1.54, 1.807) is 4.68 Å². The van der Waals surface area contributed by atoms with E-state index in [1.807, 2.05) is 25.9 Å². The molecular weight excluding hydrogens is 254 g/mol. The average molecular weight is 274 g/mol. The topological polar surface area (TPSA) is 47.4 Å². The van der Waals surface area contributed by atoms with E-state index in [4.69, 9.17) is 16.3 Å². The second-order valence-electron chi connectivity index (χ2n) is 4.24. The van der Waals surface area contributed by atoms with E-state index in [0.29, 0.717) is 36.9 Å². The third-order valence-electron chi connectivity index (χ3n) is 2.50. The van der Waals surface area contributed by atoms with Crippen LogP contribution in [0.3, 0.4) is 0 Å². The Morgan fingerprint density at radius 3 is 2.89 bits per heavy atom. The Labute approximate surface area is 113 Å². The largest absolute Gasteiger partial charge is 0.381 e. The Morgan fingerprint density at radius 1 is 1.56 bits per heavy atom. The van der Waals surface area contributed by atoms with E-state index in [1.165, 1.54) is 6.20 Å². The van der Waals surface area contributed by atoms with Gasteiger partial charge in [0.05, 0.1) is 24.4 Å². The van der Waals surface area contributed by atoms with Crippen LogP contribution >= 0.6 is 11.6 Å². The van der Waals surface area contributed by atoms with Crippen LogP contribution in [0.25, 0.3) is 0 Å². The maximum atomic E-state index is 12.0. The van der Waals surface area contributed by atoms with Crippen molar-refractivity contribution in [1.82, 2.24) is 14.7 Å². The fourth-order valence-corrected chi connectivity index (χ4v) is 1.78. The molecule has 1 heterocycles. The van der Waals surface area contributed by atoms with E-state index in [2.05, 4.69) is 5.10 Å². The zero-order chi connectivity index (χ0) is 13.5. The Kier molecular flexibility index (Phi) is 6.32. The van der Waals surface area contributed by atoms with E-state index in [-0.39, 0.29) is 5.78 Å². The predicted molar refractivity (Wildman–Crippen MR) is 71.2 cm³/mol. The Bertz CT molecular complexity index is 391. The van der Waals surface area contributed by atoms with Gasteiger partial charge in [-0.05, 0) is 21.0 Å². The van der Waals surface area contributed by atoms with Gasteiger partial charge < -0.3 is 9.64 Å². The molecule has 0 amide bonds. The minimum Gasteiger partial charge on any atom is -0.381 e. The molecule has 0 aliphatic carbocycles. The smallest absolute Gasteiger partial charge is 0.184 e. The molecule has 0 atom stereocenters. The number of aromatic nitrogens is 2. The van der Waals surface area contributed by atoms with Crippen LogP contribution < -0.4 is 0 Å². The highest BCUT2D eigenvalue weighted by molar-refractivity contribution is 6.33. The summed E-state index contributed by atoms with van der Waals surface area (Å²) in [4.78, 5) is 14.1. The molecule has 0 aliphatic heterocycles. The molecule has 18 heavy (non-hydrogen) atoms. The first-order valence-electron chi connectivity index (χ1n) is 6.03. The summed E-state index contributed by atoms with van der Waals surface area (Å²) in [6, 6.07) is 0. The number of likely N-dealkylation sites (N-methyl/N-ethyl adjacent to an activating group) is 1. The number of ketones is 1. The van der Waals surface area contributed by atoms with Crippen LogP contribution in [0.4, 0.5) is 0 Å².